The minimum atomic E-state index is -0.514. The highest BCUT2D eigenvalue weighted by Crippen LogP contribution is 2.30. The van der Waals surface area contributed by atoms with Crippen LogP contribution < -0.4 is 15.4 Å². The van der Waals surface area contributed by atoms with Gasteiger partial charge in [-0.25, -0.2) is 9.97 Å². The van der Waals surface area contributed by atoms with Crippen molar-refractivity contribution in [1.82, 2.24) is 19.9 Å². The van der Waals surface area contributed by atoms with E-state index in [1.54, 1.807) is 17.2 Å². The number of fused-ring (bicyclic) bond motifs is 1. The zero-order valence-electron chi connectivity index (χ0n) is 21.3. The Bertz CT molecular complexity index is 1520. The molecule has 1 aliphatic heterocycles. The summed E-state index contributed by atoms with van der Waals surface area (Å²) in [6.07, 6.45) is 5.84. The summed E-state index contributed by atoms with van der Waals surface area (Å²) in [5, 5.41) is 7.05. The van der Waals surface area contributed by atoms with Crippen LogP contribution in [0.25, 0.3) is 10.9 Å². The summed E-state index contributed by atoms with van der Waals surface area (Å²) in [6, 6.07) is 14.5. The number of aryl methyl sites for hydroxylation is 2. The molecule has 1 aliphatic rings. The lowest BCUT2D eigenvalue weighted by Gasteiger charge is -2.22. The number of amides is 2. The fourth-order valence-corrected chi connectivity index (χ4v) is 4.50. The van der Waals surface area contributed by atoms with Gasteiger partial charge in [0.15, 0.2) is 0 Å². The molecule has 1 fully saturated rings. The van der Waals surface area contributed by atoms with Gasteiger partial charge in [-0.05, 0) is 86.9 Å². The molecule has 0 bridgehead atoms. The second-order valence-corrected chi connectivity index (χ2v) is 9.18. The van der Waals surface area contributed by atoms with Crippen LogP contribution in [-0.2, 0) is 9.59 Å². The number of carbonyl (C=O) groups is 2. The van der Waals surface area contributed by atoms with E-state index in [1.807, 2.05) is 56.3 Å². The second kappa shape index (κ2) is 10.7. The first-order valence-electron chi connectivity index (χ1n) is 12.4. The number of carbonyl (C=O) groups excluding carboxylic acids is 2. The van der Waals surface area contributed by atoms with E-state index in [4.69, 9.17) is 4.74 Å². The summed E-state index contributed by atoms with van der Waals surface area (Å²) in [5.74, 6) is 1.55. The highest BCUT2D eigenvalue weighted by atomic mass is 16.5. The molecule has 2 N–H and O–H groups in total. The molecule has 9 nitrogen and oxygen atoms in total. The predicted octanol–water partition coefficient (Wildman–Crippen LogP) is 5.29. The van der Waals surface area contributed by atoms with Crippen molar-refractivity contribution in [3.05, 3.63) is 85.0 Å². The van der Waals surface area contributed by atoms with Gasteiger partial charge in [-0.1, -0.05) is 6.58 Å². The molecule has 0 saturated carbocycles. The van der Waals surface area contributed by atoms with Crippen molar-refractivity contribution < 1.29 is 14.3 Å². The smallest absolute Gasteiger partial charge is 0.247 e. The van der Waals surface area contributed by atoms with Crippen molar-refractivity contribution in [1.29, 1.82) is 0 Å². The summed E-state index contributed by atoms with van der Waals surface area (Å²) in [6.45, 7) is 7.99. The topological polar surface area (TPSA) is 109 Å². The van der Waals surface area contributed by atoms with Crippen LogP contribution in [0.2, 0.25) is 0 Å². The van der Waals surface area contributed by atoms with E-state index < -0.39 is 6.04 Å². The number of pyridine rings is 1. The van der Waals surface area contributed by atoms with Gasteiger partial charge < -0.3 is 20.3 Å². The standard InChI is InChI=1S/C29H28N6O3/c1-4-27(36)35-13-5-6-25(35)29(37)34-21-8-11-24-23(15-21)28(32-17-31-24)33-20-9-12-26(18(2)14-20)38-22-10-7-19(3)30-16-22/h4,7-12,14-17,25H,1,5-6,13H2,2-3H3,(H,34,37)(H,31,32,33)/t25-/m0/s1. The Labute approximate surface area is 220 Å². The SMILES string of the molecule is C=CC(=O)N1CCC[C@H]1C(=O)Nc1ccc2ncnc(Nc3ccc(Oc4ccc(C)nc4)c(C)c3)c2c1. The number of hydrogen-bond acceptors (Lipinski definition) is 7. The lowest BCUT2D eigenvalue weighted by molar-refractivity contribution is -0.132. The first kappa shape index (κ1) is 24.9. The minimum Gasteiger partial charge on any atom is -0.455 e. The van der Waals surface area contributed by atoms with E-state index >= 15 is 0 Å². The Balaban J connectivity index is 1.34. The third-order valence-electron chi connectivity index (χ3n) is 6.47. The Morgan fingerprint density at radius 1 is 1.05 bits per heavy atom. The Morgan fingerprint density at radius 2 is 1.89 bits per heavy atom. The third kappa shape index (κ3) is 5.31. The maximum Gasteiger partial charge on any atom is 0.247 e. The molecule has 2 aromatic carbocycles. The maximum atomic E-state index is 13.0. The molecule has 2 aromatic heterocycles. The minimum absolute atomic E-state index is 0.224. The number of nitrogens with one attached hydrogen (secondary N) is 2. The van der Waals surface area contributed by atoms with Crippen molar-refractivity contribution in [3.63, 3.8) is 0 Å². The van der Waals surface area contributed by atoms with E-state index in [9.17, 15) is 9.59 Å². The molecule has 1 saturated heterocycles. The first-order chi connectivity index (χ1) is 18.4. The number of benzene rings is 2. The number of likely N-dealkylation sites (tertiary alicyclic amines) is 1. The number of aromatic nitrogens is 3. The zero-order valence-corrected chi connectivity index (χ0v) is 21.3. The highest BCUT2D eigenvalue weighted by molar-refractivity contribution is 6.01. The molecule has 38 heavy (non-hydrogen) atoms. The van der Waals surface area contributed by atoms with Gasteiger partial charge in [0.2, 0.25) is 11.8 Å². The summed E-state index contributed by atoms with van der Waals surface area (Å²) < 4.78 is 5.98. The van der Waals surface area contributed by atoms with Crippen LogP contribution in [0.15, 0.2) is 73.7 Å². The van der Waals surface area contributed by atoms with Crippen molar-refractivity contribution in [2.75, 3.05) is 17.2 Å². The molecule has 4 aromatic rings. The van der Waals surface area contributed by atoms with Crippen LogP contribution in [0, 0.1) is 13.8 Å². The second-order valence-electron chi connectivity index (χ2n) is 9.18. The fourth-order valence-electron chi connectivity index (χ4n) is 4.50. The Kier molecular flexibility index (Phi) is 6.99. The van der Waals surface area contributed by atoms with Crippen molar-refractivity contribution in [2.45, 2.75) is 32.7 Å². The molecule has 1 atom stereocenters. The molecule has 9 heteroatoms. The Hall–Kier alpha value is -4.79. The van der Waals surface area contributed by atoms with E-state index in [2.05, 4.69) is 32.2 Å². The van der Waals surface area contributed by atoms with Crippen molar-refractivity contribution in [2.24, 2.45) is 0 Å². The first-order valence-corrected chi connectivity index (χ1v) is 12.4. The van der Waals surface area contributed by atoms with Gasteiger partial charge in [-0.15, -0.1) is 0 Å². The molecule has 0 unspecified atom stereocenters. The van der Waals surface area contributed by atoms with Crippen molar-refractivity contribution in [3.8, 4) is 11.5 Å². The molecule has 2 amide bonds. The normalized spacial score (nSPS) is 14.8. The summed E-state index contributed by atoms with van der Waals surface area (Å²) in [4.78, 5) is 39.7. The van der Waals surface area contributed by atoms with Gasteiger partial charge in [0.1, 0.15) is 29.7 Å². The summed E-state index contributed by atoms with van der Waals surface area (Å²) >= 11 is 0. The van der Waals surface area contributed by atoms with Gasteiger partial charge in [-0.3, -0.25) is 14.6 Å². The average Bonchev–Trinajstić information content (AvgIpc) is 3.42. The third-order valence-corrected chi connectivity index (χ3v) is 6.47. The van der Waals surface area contributed by atoms with Gasteiger partial charge in [0, 0.05) is 29.0 Å². The molecular formula is C29H28N6O3. The lowest BCUT2D eigenvalue weighted by atomic mass is 10.1. The summed E-state index contributed by atoms with van der Waals surface area (Å²) in [7, 11) is 0. The number of anilines is 3. The van der Waals surface area contributed by atoms with Crippen LogP contribution in [-0.4, -0.2) is 44.3 Å². The largest absolute Gasteiger partial charge is 0.455 e. The number of hydrogen-bond donors (Lipinski definition) is 2. The van der Waals surface area contributed by atoms with E-state index in [-0.39, 0.29) is 11.8 Å². The number of ether oxygens (including phenoxy) is 1. The molecular weight excluding hydrogens is 480 g/mol. The Morgan fingerprint density at radius 3 is 2.66 bits per heavy atom. The zero-order chi connectivity index (χ0) is 26.6. The van der Waals surface area contributed by atoms with Gasteiger partial charge in [0.05, 0.1) is 11.7 Å². The van der Waals surface area contributed by atoms with Gasteiger partial charge >= 0.3 is 0 Å². The molecule has 0 aliphatic carbocycles. The van der Waals surface area contributed by atoms with E-state index in [0.717, 1.165) is 40.0 Å². The number of nitrogens with zero attached hydrogens (tertiary/aromatic N) is 4. The molecule has 0 radical (unpaired) electrons. The van der Waals surface area contributed by atoms with E-state index in [0.29, 0.717) is 30.2 Å². The predicted molar refractivity (Wildman–Crippen MR) is 147 cm³/mol. The highest BCUT2D eigenvalue weighted by Gasteiger charge is 2.33. The quantitative estimate of drug-likeness (QED) is 0.326. The van der Waals surface area contributed by atoms with Crippen LogP contribution in [0.5, 0.6) is 11.5 Å². The number of rotatable bonds is 7. The average molecular weight is 509 g/mol. The molecule has 0 spiro atoms. The lowest BCUT2D eigenvalue weighted by Crippen LogP contribution is -2.42. The monoisotopic (exact) mass is 508 g/mol. The van der Waals surface area contributed by atoms with Crippen molar-refractivity contribution >= 4 is 39.9 Å². The maximum absolute atomic E-state index is 13.0. The van der Waals surface area contributed by atoms with Gasteiger partial charge in [-0.2, -0.15) is 0 Å². The van der Waals surface area contributed by atoms with E-state index in [1.165, 1.54) is 12.4 Å². The molecule has 192 valence electrons. The van der Waals surface area contributed by atoms with Crippen LogP contribution in [0.1, 0.15) is 24.1 Å². The van der Waals surface area contributed by atoms with Gasteiger partial charge in [0.25, 0.3) is 0 Å². The van der Waals surface area contributed by atoms with Crippen LogP contribution >= 0.6 is 0 Å². The van der Waals surface area contributed by atoms with Crippen LogP contribution in [0.4, 0.5) is 17.2 Å². The molecule has 5 rings (SSSR count). The summed E-state index contributed by atoms with van der Waals surface area (Å²) in [5.41, 5.74) is 4.03. The molecule has 3 heterocycles. The van der Waals surface area contributed by atoms with Crippen LogP contribution in [0.3, 0.4) is 0 Å². The fraction of sp³-hybridized carbons (Fsp3) is 0.207.